The summed E-state index contributed by atoms with van der Waals surface area (Å²) >= 11 is 0. The molecule has 0 fully saturated rings. The Morgan fingerprint density at radius 3 is 2.24 bits per heavy atom. The fourth-order valence-corrected chi connectivity index (χ4v) is 1.57. The molecular weight excluding hydrogens is 289 g/mol. The molecule has 1 atom stereocenters. The number of benzene rings is 1. The summed E-state index contributed by atoms with van der Waals surface area (Å²) in [4.78, 5) is 34.1. The molecule has 0 radical (unpaired) electrons. The van der Waals surface area contributed by atoms with Crippen LogP contribution in [0.25, 0.3) is 0 Å². The van der Waals surface area contributed by atoms with Crippen molar-refractivity contribution in [2.24, 2.45) is 5.92 Å². The average Bonchev–Trinajstić information content (AvgIpc) is 2.35. The Bertz CT molecular complexity index is 570. The smallest absolute Gasteiger partial charge is 0.324 e. The minimum absolute atomic E-state index is 0.0742. The molecule has 21 heavy (non-hydrogen) atoms. The third-order valence-corrected chi connectivity index (χ3v) is 2.54. The molecule has 0 saturated heterocycles. The Kier molecular flexibility index (Phi) is 5.63. The lowest BCUT2D eigenvalue weighted by atomic mass is 9.98. The van der Waals surface area contributed by atoms with Gasteiger partial charge in [0.05, 0.1) is 6.10 Å². The predicted molar refractivity (Wildman–Crippen MR) is 65.8 cm³/mol. The lowest BCUT2D eigenvalue weighted by molar-refractivity contribution is -0.155. The third-order valence-electron chi connectivity index (χ3n) is 2.54. The molecule has 4 nitrogen and oxygen atoms in total. The number of carbonyl (C=O) groups is 3. The van der Waals surface area contributed by atoms with E-state index in [0.717, 1.165) is 0 Å². The maximum absolute atomic E-state index is 13.4. The van der Waals surface area contributed by atoms with Gasteiger partial charge in [0.25, 0.3) is 0 Å². The maximum atomic E-state index is 13.4. The normalized spacial score (nSPS) is 12.1. The second-order valence-electron chi connectivity index (χ2n) is 4.60. The van der Waals surface area contributed by atoms with Crippen LogP contribution in [-0.2, 0) is 25.5 Å². The Morgan fingerprint density at radius 1 is 1.14 bits per heavy atom. The Hall–Kier alpha value is -2.18. The van der Waals surface area contributed by atoms with Crippen LogP contribution in [0.2, 0.25) is 0 Å². The van der Waals surface area contributed by atoms with Gasteiger partial charge in [-0.25, -0.2) is 13.2 Å². The monoisotopic (exact) mass is 302 g/mol. The average molecular weight is 302 g/mol. The van der Waals surface area contributed by atoms with Gasteiger partial charge in [0.2, 0.25) is 0 Å². The first kappa shape index (κ1) is 16.9. The van der Waals surface area contributed by atoms with Gasteiger partial charge in [-0.1, -0.05) is 0 Å². The highest BCUT2D eigenvalue weighted by molar-refractivity contribution is 6.11. The standard InChI is InChI=1S/C14H13F3O4/c1-7(2)21-14(20)9(6-18)13(19)4-8-3-11(16)12(17)5-10(8)15/h3,5-7,9H,4H2,1-2H3. The van der Waals surface area contributed by atoms with Gasteiger partial charge in [0.1, 0.15) is 12.1 Å². The fourth-order valence-electron chi connectivity index (χ4n) is 1.57. The number of halogens is 3. The van der Waals surface area contributed by atoms with Crippen LogP contribution in [-0.4, -0.2) is 24.1 Å². The van der Waals surface area contributed by atoms with Crippen LogP contribution in [0.3, 0.4) is 0 Å². The van der Waals surface area contributed by atoms with E-state index in [0.29, 0.717) is 12.1 Å². The number of rotatable bonds is 6. The molecule has 0 aromatic heterocycles. The van der Waals surface area contributed by atoms with E-state index in [1.807, 2.05) is 0 Å². The predicted octanol–water partition coefficient (Wildman–Crippen LogP) is 1.98. The SMILES string of the molecule is CC(C)OC(=O)C(C=O)C(=O)Cc1cc(F)c(F)cc1F. The summed E-state index contributed by atoms with van der Waals surface area (Å²) < 4.78 is 43.9. The zero-order chi connectivity index (χ0) is 16.2. The van der Waals surface area contributed by atoms with Crippen molar-refractivity contribution < 1.29 is 32.3 Å². The maximum Gasteiger partial charge on any atom is 0.324 e. The van der Waals surface area contributed by atoms with Crippen molar-refractivity contribution in [1.29, 1.82) is 0 Å². The highest BCUT2D eigenvalue weighted by Gasteiger charge is 2.29. The number of carbonyl (C=O) groups excluding carboxylic acids is 3. The first-order valence-corrected chi connectivity index (χ1v) is 6.08. The summed E-state index contributed by atoms with van der Waals surface area (Å²) in [6.45, 7) is 3.05. The molecule has 0 bridgehead atoms. The molecule has 0 aliphatic carbocycles. The van der Waals surface area contributed by atoms with E-state index in [1.54, 1.807) is 0 Å². The summed E-state index contributed by atoms with van der Waals surface area (Å²) in [5.41, 5.74) is -0.442. The summed E-state index contributed by atoms with van der Waals surface area (Å²) in [6, 6.07) is 0.804. The van der Waals surface area contributed by atoms with Gasteiger partial charge >= 0.3 is 5.97 Å². The van der Waals surface area contributed by atoms with Crippen LogP contribution in [0, 0.1) is 23.4 Å². The van der Waals surface area contributed by atoms with Gasteiger partial charge in [0.15, 0.2) is 23.3 Å². The molecule has 0 amide bonds. The van der Waals surface area contributed by atoms with Crippen molar-refractivity contribution in [2.45, 2.75) is 26.4 Å². The first-order chi connectivity index (χ1) is 9.76. The molecule has 0 aliphatic heterocycles. The van der Waals surface area contributed by atoms with Gasteiger partial charge in [-0.05, 0) is 25.5 Å². The zero-order valence-electron chi connectivity index (χ0n) is 11.4. The second-order valence-corrected chi connectivity index (χ2v) is 4.60. The van der Waals surface area contributed by atoms with Crippen LogP contribution in [0.1, 0.15) is 19.4 Å². The molecule has 7 heteroatoms. The number of aldehydes is 1. The molecular formula is C14H13F3O4. The molecule has 0 saturated carbocycles. The van der Waals surface area contributed by atoms with Crippen LogP contribution in [0.4, 0.5) is 13.2 Å². The van der Waals surface area contributed by atoms with E-state index < -0.39 is 53.2 Å². The van der Waals surface area contributed by atoms with Crippen LogP contribution < -0.4 is 0 Å². The zero-order valence-corrected chi connectivity index (χ0v) is 11.4. The number of hydrogen-bond acceptors (Lipinski definition) is 4. The minimum Gasteiger partial charge on any atom is -0.462 e. The van der Waals surface area contributed by atoms with E-state index >= 15 is 0 Å². The molecule has 0 aliphatic rings. The van der Waals surface area contributed by atoms with Gasteiger partial charge in [0, 0.05) is 12.5 Å². The molecule has 0 N–H and O–H groups in total. The van der Waals surface area contributed by atoms with Crippen LogP contribution in [0.15, 0.2) is 12.1 Å². The molecule has 1 aromatic rings. The molecule has 114 valence electrons. The van der Waals surface area contributed by atoms with Crippen molar-refractivity contribution in [3.63, 3.8) is 0 Å². The van der Waals surface area contributed by atoms with Gasteiger partial charge in [-0.2, -0.15) is 0 Å². The Balaban J connectivity index is 2.91. The minimum atomic E-state index is -1.72. The number of ketones is 1. The molecule has 0 heterocycles. The Morgan fingerprint density at radius 2 is 1.71 bits per heavy atom. The van der Waals surface area contributed by atoms with Crippen molar-refractivity contribution in [3.05, 3.63) is 35.1 Å². The van der Waals surface area contributed by atoms with Gasteiger partial charge in [-0.3, -0.25) is 9.59 Å². The van der Waals surface area contributed by atoms with Crippen molar-refractivity contribution in [1.82, 2.24) is 0 Å². The van der Waals surface area contributed by atoms with E-state index in [-0.39, 0.29) is 6.29 Å². The van der Waals surface area contributed by atoms with Gasteiger partial charge in [-0.15, -0.1) is 0 Å². The Labute approximate surface area is 118 Å². The largest absolute Gasteiger partial charge is 0.462 e. The third kappa shape index (κ3) is 4.40. The number of esters is 1. The highest BCUT2D eigenvalue weighted by atomic mass is 19.2. The fraction of sp³-hybridized carbons (Fsp3) is 0.357. The van der Waals surface area contributed by atoms with E-state index in [4.69, 9.17) is 4.74 Å². The quantitative estimate of drug-likeness (QED) is 0.349. The van der Waals surface area contributed by atoms with Crippen molar-refractivity contribution >= 4 is 18.0 Å². The second kappa shape index (κ2) is 7.01. The van der Waals surface area contributed by atoms with E-state index in [1.165, 1.54) is 13.8 Å². The van der Waals surface area contributed by atoms with Crippen LogP contribution >= 0.6 is 0 Å². The van der Waals surface area contributed by atoms with Gasteiger partial charge < -0.3 is 9.53 Å². The first-order valence-electron chi connectivity index (χ1n) is 6.08. The summed E-state index contributed by atoms with van der Waals surface area (Å²) in [6.07, 6.45) is -1.18. The molecule has 1 unspecified atom stereocenters. The summed E-state index contributed by atoms with van der Waals surface area (Å²) in [5, 5.41) is 0. The van der Waals surface area contributed by atoms with Crippen molar-refractivity contribution in [2.75, 3.05) is 0 Å². The number of ether oxygens (including phenoxy) is 1. The molecule has 1 aromatic carbocycles. The lowest BCUT2D eigenvalue weighted by Gasteiger charge is -2.12. The lowest BCUT2D eigenvalue weighted by Crippen LogP contribution is -2.30. The molecule has 0 spiro atoms. The summed E-state index contributed by atoms with van der Waals surface area (Å²) in [7, 11) is 0. The van der Waals surface area contributed by atoms with Crippen LogP contribution in [0.5, 0.6) is 0 Å². The number of hydrogen-bond donors (Lipinski definition) is 0. The highest BCUT2D eigenvalue weighted by Crippen LogP contribution is 2.16. The van der Waals surface area contributed by atoms with E-state index in [9.17, 15) is 27.6 Å². The number of Topliss-reactive ketones (excluding diaryl/α,β-unsaturated/α-hetero) is 1. The molecule has 1 rings (SSSR count). The van der Waals surface area contributed by atoms with E-state index in [2.05, 4.69) is 0 Å². The van der Waals surface area contributed by atoms with Crippen molar-refractivity contribution in [3.8, 4) is 0 Å². The summed E-state index contributed by atoms with van der Waals surface area (Å²) in [5.74, 6) is -7.60. The topological polar surface area (TPSA) is 60.4 Å².